The molecule has 10 rings (SSSR count). The minimum atomic E-state index is 0.880. The van der Waals surface area contributed by atoms with E-state index in [1.165, 1.54) is 43.7 Å². The van der Waals surface area contributed by atoms with Crippen LogP contribution in [0.2, 0.25) is 0 Å². The molecule has 0 unspecified atom stereocenters. The highest BCUT2D eigenvalue weighted by atomic mass is 16.3. The van der Waals surface area contributed by atoms with E-state index in [1.54, 1.807) is 0 Å². The Morgan fingerprint density at radius 1 is 0.408 bits per heavy atom. The van der Waals surface area contributed by atoms with Crippen LogP contribution < -0.4 is 4.90 Å². The van der Waals surface area contributed by atoms with Gasteiger partial charge < -0.3 is 13.9 Å². The van der Waals surface area contributed by atoms with Gasteiger partial charge in [-0.05, 0) is 82.6 Å². The zero-order valence-corrected chi connectivity index (χ0v) is 26.6. The maximum Gasteiger partial charge on any atom is 0.159 e. The third kappa shape index (κ3) is 4.37. The fourth-order valence-electron chi connectivity index (χ4n) is 7.54. The highest BCUT2D eigenvalue weighted by Gasteiger charge is 2.19. The third-order valence-electron chi connectivity index (χ3n) is 9.79. The first-order valence-corrected chi connectivity index (χ1v) is 16.7. The van der Waals surface area contributed by atoms with Crippen molar-refractivity contribution < 1.29 is 4.42 Å². The summed E-state index contributed by atoms with van der Waals surface area (Å²) in [4.78, 5) is 2.28. The van der Waals surface area contributed by atoms with Gasteiger partial charge in [-0.25, -0.2) is 0 Å². The van der Waals surface area contributed by atoms with Gasteiger partial charge in [0, 0.05) is 38.6 Å². The van der Waals surface area contributed by atoms with Crippen LogP contribution in [-0.2, 0) is 0 Å². The van der Waals surface area contributed by atoms with Crippen LogP contribution in [0.25, 0.3) is 71.3 Å². The van der Waals surface area contributed by atoms with Crippen LogP contribution in [0.5, 0.6) is 0 Å². The molecule has 0 aliphatic heterocycles. The highest BCUT2D eigenvalue weighted by Crippen LogP contribution is 2.42. The second kappa shape index (κ2) is 11.0. The summed E-state index contributed by atoms with van der Waals surface area (Å²) in [5.41, 5.74) is 10.8. The lowest BCUT2D eigenvalue weighted by atomic mass is 10.0. The van der Waals surface area contributed by atoms with Crippen molar-refractivity contribution in [3.8, 4) is 16.8 Å². The zero-order chi connectivity index (χ0) is 32.3. The summed E-state index contributed by atoms with van der Waals surface area (Å²) in [5, 5.41) is 7.36. The molecule has 3 heteroatoms. The number of para-hydroxylation sites is 4. The number of anilines is 3. The van der Waals surface area contributed by atoms with Gasteiger partial charge in [-0.15, -0.1) is 0 Å². The highest BCUT2D eigenvalue weighted by molar-refractivity contribution is 6.21. The Balaban J connectivity index is 1.05. The first kappa shape index (κ1) is 27.5. The van der Waals surface area contributed by atoms with Gasteiger partial charge >= 0.3 is 0 Å². The Morgan fingerprint density at radius 3 is 1.86 bits per heavy atom. The van der Waals surface area contributed by atoms with Crippen molar-refractivity contribution in [3.63, 3.8) is 0 Å². The van der Waals surface area contributed by atoms with Crippen molar-refractivity contribution in [2.45, 2.75) is 0 Å². The van der Waals surface area contributed by atoms with E-state index in [4.69, 9.17) is 4.42 Å². The first-order valence-electron chi connectivity index (χ1n) is 16.7. The summed E-state index contributed by atoms with van der Waals surface area (Å²) < 4.78 is 8.86. The number of hydrogen-bond donors (Lipinski definition) is 0. The van der Waals surface area contributed by atoms with Crippen LogP contribution >= 0.6 is 0 Å². The van der Waals surface area contributed by atoms with Gasteiger partial charge in [0.05, 0.1) is 16.7 Å². The van der Waals surface area contributed by atoms with Crippen LogP contribution in [0.15, 0.2) is 186 Å². The zero-order valence-electron chi connectivity index (χ0n) is 26.6. The van der Waals surface area contributed by atoms with Gasteiger partial charge in [0.2, 0.25) is 0 Å². The number of rotatable bonds is 5. The Bertz CT molecular complexity index is 2810. The van der Waals surface area contributed by atoms with Crippen LogP contribution in [0.1, 0.15) is 0 Å². The monoisotopic (exact) mass is 626 g/mol. The van der Waals surface area contributed by atoms with E-state index in [0.29, 0.717) is 0 Å². The molecule has 0 radical (unpaired) electrons. The Kier molecular flexibility index (Phi) is 6.18. The number of fused-ring (bicyclic) bond motifs is 8. The molecule has 0 aliphatic carbocycles. The Labute approximate surface area is 283 Å². The molecule has 230 valence electrons. The molecule has 2 aromatic heterocycles. The van der Waals surface area contributed by atoms with E-state index >= 15 is 0 Å². The molecule has 2 heterocycles. The van der Waals surface area contributed by atoms with E-state index in [9.17, 15) is 0 Å². The van der Waals surface area contributed by atoms with E-state index in [2.05, 4.69) is 179 Å². The number of benzene rings is 8. The van der Waals surface area contributed by atoms with E-state index in [-0.39, 0.29) is 0 Å². The molecule has 3 nitrogen and oxygen atoms in total. The van der Waals surface area contributed by atoms with Crippen LogP contribution in [0.4, 0.5) is 17.1 Å². The summed E-state index contributed by atoms with van der Waals surface area (Å²) in [6.45, 7) is 0. The Morgan fingerprint density at radius 2 is 1.04 bits per heavy atom. The summed E-state index contributed by atoms with van der Waals surface area (Å²) >= 11 is 0. The molecule has 10 aromatic rings. The standard InChI is InChI=1S/C46H30N2O/c1-2-12-34(13-3-1)47(43-19-10-17-39-38-15-7-9-20-44(38)49-46(39)43)35-26-21-31(22-27-35)32-23-28-36(29-24-32)48-41-18-8-6-16-40(41)45-37-14-5-4-11-33(37)25-30-42(45)48/h1-30H. The molecule has 0 amide bonds. The predicted octanol–water partition coefficient (Wildman–Crippen LogP) is 13.0. The maximum atomic E-state index is 6.47. The van der Waals surface area contributed by atoms with E-state index < -0.39 is 0 Å². The average Bonchev–Trinajstić information content (AvgIpc) is 3.73. The molecule has 8 aromatic carbocycles. The molecule has 0 atom stereocenters. The molecule has 0 saturated carbocycles. The normalized spacial score (nSPS) is 11.7. The SMILES string of the molecule is c1ccc(N(c2ccc(-c3ccc(-n4c5ccccc5c5c6ccccc6ccc54)cc3)cc2)c2cccc3c2oc2ccccc23)cc1. The summed E-state index contributed by atoms with van der Waals surface area (Å²) in [6.07, 6.45) is 0. The van der Waals surface area contributed by atoms with Crippen molar-refractivity contribution in [2.75, 3.05) is 4.90 Å². The largest absolute Gasteiger partial charge is 0.454 e. The minimum Gasteiger partial charge on any atom is -0.454 e. The summed E-state index contributed by atoms with van der Waals surface area (Å²) in [6, 6.07) is 64.8. The maximum absolute atomic E-state index is 6.47. The lowest BCUT2D eigenvalue weighted by Crippen LogP contribution is -2.10. The molecular formula is C46H30N2O. The molecule has 0 saturated heterocycles. The summed E-state index contributed by atoms with van der Waals surface area (Å²) in [5.74, 6) is 0. The van der Waals surface area contributed by atoms with Gasteiger partial charge in [-0.2, -0.15) is 0 Å². The lowest BCUT2D eigenvalue weighted by molar-refractivity contribution is 0.669. The van der Waals surface area contributed by atoms with Gasteiger partial charge in [-0.3, -0.25) is 0 Å². The van der Waals surface area contributed by atoms with Gasteiger partial charge in [0.25, 0.3) is 0 Å². The molecule has 0 N–H and O–H groups in total. The number of furan rings is 1. The number of aromatic nitrogens is 1. The van der Waals surface area contributed by atoms with Crippen molar-refractivity contribution in [1.82, 2.24) is 4.57 Å². The predicted molar refractivity (Wildman–Crippen MR) is 206 cm³/mol. The second-order valence-electron chi connectivity index (χ2n) is 12.6. The third-order valence-corrected chi connectivity index (χ3v) is 9.79. The van der Waals surface area contributed by atoms with Crippen molar-refractivity contribution in [2.24, 2.45) is 0 Å². The van der Waals surface area contributed by atoms with Crippen molar-refractivity contribution in [1.29, 1.82) is 0 Å². The van der Waals surface area contributed by atoms with Crippen molar-refractivity contribution in [3.05, 3.63) is 182 Å². The lowest BCUT2D eigenvalue weighted by Gasteiger charge is -2.25. The fourth-order valence-corrected chi connectivity index (χ4v) is 7.54. The molecule has 0 bridgehead atoms. The van der Waals surface area contributed by atoms with Gasteiger partial charge in [0.15, 0.2) is 5.58 Å². The van der Waals surface area contributed by atoms with Gasteiger partial charge in [0.1, 0.15) is 5.58 Å². The van der Waals surface area contributed by atoms with Crippen LogP contribution in [-0.4, -0.2) is 4.57 Å². The minimum absolute atomic E-state index is 0.880. The smallest absolute Gasteiger partial charge is 0.159 e. The number of hydrogen-bond acceptors (Lipinski definition) is 2. The topological polar surface area (TPSA) is 21.3 Å². The fraction of sp³-hybridized carbons (Fsp3) is 0. The quantitative estimate of drug-likeness (QED) is 0.190. The van der Waals surface area contributed by atoms with E-state index in [0.717, 1.165) is 44.7 Å². The summed E-state index contributed by atoms with van der Waals surface area (Å²) in [7, 11) is 0. The average molecular weight is 627 g/mol. The Hall–Kier alpha value is -6.58. The first-order chi connectivity index (χ1) is 24.3. The molecular weight excluding hydrogens is 597 g/mol. The molecule has 49 heavy (non-hydrogen) atoms. The molecule has 0 aliphatic rings. The van der Waals surface area contributed by atoms with Crippen molar-refractivity contribution >= 4 is 71.6 Å². The van der Waals surface area contributed by atoms with Crippen LogP contribution in [0, 0.1) is 0 Å². The molecule has 0 fully saturated rings. The van der Waals surface area contributed by atoms with Gasteiger partial charge in [-0.1, -0.05) is 121 Å². The number of nitrogens with zero attached hydrogens (tertiary/aromatic N) is 2. The second-order valence-corrected chi connectivity index (χ2v) is 12.6. The molecule has 0 spiro atoms. The van der Waals surface area contributed by atoms with Crippen LogP contribution in [0.3, 0.4) is 0 Å². The van der Waals surface area contributed by atoms with E-state index in [1.807, 2.05) is 12.1 Å².